The summed E-state index contributed by atoms with van der Waals surface area (Å²) in [5, 5.41) is 6.07. The maximum Gasteiger partial charge on any atom is 0.228 e. The molecule has 2 heterocycles. The molecule has 0 bridgehead atoms. The molecule has 1 N–H and O–H groups in total. The minimum absolute atomic E-state index is 0. The Morgan fingerprint density at radius 3 is 2.77 bits per heavy atom. The number of carbonyl (C=O) groups is 1. The van der Waals surface area contributed by atoms with Crippen LogP contribution in [0.5, 0.6) is 0 Å². The molecule has 0 radical (unpaired) electrons. The molecule has 1 aliphatic heterocycles. The lowest BCUT2D eigenvalue weighted by Gasteiger charge is -2.24. The summed E-state index contributed by atoms with van der Waals surface area (Å²) in [5.41, 5.74) is 1.86. The Labute approximate surface area is 170 Å². The molecule has 1 atom stereocenters. The molecule has 4 nitrogen and oxygen atoms in total. The van der Waals surface area contributed by atoms with E-state index < -0.39 is 0 Å². The maximum absolute atomic E-state index is 12.9. The van der Waals surface area contributed by atoms with E-state index in [0.717, 1.165) is 42.2 Å². The highest BCUT2D eigenvalue weighted by atomic mass is 35.5. The van der Waals surface area contributed by atoms with Gasteiger partial charge < -0.3 is 10.2 Å². The zero-order valence-corrected chi connectivity index (χ0v) is 17.1. The van der Waals surface area contributed by atoms with Crippen molar-refractivity contribution in [3.05, 3.63) is 51.7 Å². The molecule has 1 amide bonds. The predicted molar refractivity (Wildman–Crippen MR) is 108 cm³/mol. The molecule has 0 aliphatic carbocycles. The summed E-state index contributed by atoms with van der Waals surface area (Å²) in [6.07, 6.45) is 3.18. The van der Waals surface area contributed by atoms with Crippen LogP contribution in [0.15, 0.2) is 29.6 Å². The van der Waals surface area contributed by atoms with Crippen molar-refractivity contribution >= 4 is 42.1 Å². The van der Waals surface area contributed by atoms with Gasteiger partial charge in [-0.25, -0.2) is 9.37 Å². The second-order valence-electron chi connectivity index (χ2n) is 6.15. The van der Waals surface area contributed by atoms with Gasteiger partial charge in [0.15, 0.2) is 0 Å². The number of thiazole rings is 1. The fourth-order valence-electron chi connectivity index (χ4n) is 3.16. The number of nitrogens with one attached hydrogen (secondary N) is 1. The maximum atomic E-state index is 12.9. The van der Waals surface area contributed by atoms with Gasteiger partial charge in [-0.15, -0.1) is 36.2 Å². The zero-order chi connectivity index (χ0) is 16.9. The lowest BCUT2D eigenvalue weighted by molar-refractivity contribution is -0.131. The molecule has 1 fully saturated rings. The van der Waals surface area contributed by atoms with E-state index in [1.165, 1.54) is 12.1 Å². The van der Waals surface area contributed by atoms with Crippen LogP contribution < -0.4 is 5.32 Å². The van der Waals surface area contributed by atoms with E-state index >= 15 is 0 Å². The summed E-state index contributed by atoms with van der Waals surface area (Å²) in [6, 6.07) is 6.77. The van der Waals surface area contributed by atoms with E-state index in [1.807, 2.05) is 17.3 Å². The van der Waals surface area contributed by atoms with E-state index in [-0.39, 0.29) is 36.5 Å². The zero-order valence-electron chi connectivity index (χ0n) is 14.6. The van der Waals surface area contributed by atoms with Crippen LogP contribution in [0.25, 0.3) is 0 Å². The molecule has 144 valence electrons. The molecule has 1 unspecified atom stereocenters. The number of hydrogen-bond acceptors (Lipinski definition) is 4. The monoisotopic (exact) mass is 419 g/mol. The van der Waals surface area contributed by atoms with Crippen LogP contribution >= 0.6 is 36.2 Å². The number of hydrogen-bond donors (Lipinski definition) is 1. The number of rotatable bonds is 6. The highest BCUT2D eigenvalue weighted by Gasteiger charge is 2.28. The molecular formula is C18H24Cl2FN3OS. The van der Waals surface area contributed by atoms with Crippen LogP contribution in [-0.2, 0) is 17.6 Å². The van der Waals surface area contributed by atoms with E-state index in [4.69, 9.17) is 0 Å². The molecule has 1 aromatic heterocycles. The van der Waals surface area contributed by atoms with Gasteiger partial charge in [0.05, 0.1) is 17.1 Å². The fourth-order valence-corrected chi connectivity index (χ4v) is 3.98. The first-order valence-corrected chi connectivity index (χ1v) is 9.15. The third-order valence-corrected chi connectivity index (χ3v) is 5.24. The average molecular weight is 420 g/mol. The van der Waals surface area contributed by atoms with Crippen LogP contribution in [0.3, 0.4) is 0 Å². The van der Waals surface area contributed by atoms with Crippen molar-refractivity contribution in [2.75, 3.05) is 20.1 Å². The minimum atomic E-state index is -0.231. The quantitative estimate of drug-likeness (QED) is 0.779. The second-order valence-corrected chi connectivity index (χ2v) is 7.10. The van der Waals surface area contributed by atoms with Crippen molar-refractivity contribution in [3.8, 4) is 0 Å². The van der Waals surface area contributed by atoms with Gasteiger partial charge in [-0.2, -0.15) is 0 Å². The van der Waals surface area contributed by atoms with Gasteiger partial charge in [0, 0.05) is 30.9 Å². The Kier molecular flexibility index (Phi) is 9.50. The number of likely N-dealkylation sites (N-methyl/N-ethyl adjacent to an activating group) is 1. The molecule has 3 rings (SSSR count). The summed E-state index contributed by atoms with van der Waals surface area (Å²) in [4.78, 5) is 19.1. The molecule has 2 aromatic rings. The smallest absolute Gasteiger partial charge is 0.228 e. The summed E-state index contributed by atoms with van der Waals surface area (Å²) >= 11 is 1.56. The molecule has 1 aromatic carbocycles. The minimum Gasteiger partial charge on any atom is -0.338 e. The number of nitrogens with zero attached hydrogens (tertiary/aromatic N) is 2. The standard InChI is InChI=1S/C18H22FN3OS.2ClH/c1-20-11-16-3-2-8-22(16)18(23)10-15-12-24-17(21-15)9-13-4-6-14(19)7-5-13;;/h4-7,12,16,20H,2-3,8-11H2,1H3;2*1H. The van der Waals surface area contributed by atoms with E-state index in [0.29, 0.717) is 18.9 Å². The number of benzene rings is 1. The van der Waals surface area contributed by atoms with Crippen molar-refractivity contribution in [1.82, 2.24) is 15.2 Å². The lowest BCUT2D eigenvalue weighted by Crippen LogP contribution is -2.41. The average Bonchev–Trinajstić information content (AvgIpc) is 3.19. The van der Waals surface area contributed by atoms with Gasteiger partial charge in [0.2, 0.25) is 5.91 Å². The SMILES string of the molecule is CNCC1CCCN1C(=O)Cc1csc(Cc2ccc(F)cc2)n1.Cl.Cl. The Morgan fingerprint density at radius 2 is 2.08 bits per heavy atom. The first kappa shape index (κ1) is 22.8. The summed E-state index contributed by atoms with van der Waals surface area (Å²) in [5.74, 6) is -0.0720. The Hall–Kier alpha value is -1.21. The number of halogens is 3. The Bertz CT molecular complexity index is 696. The van der Waals surface area contributed by atoms with Crippen LogP contribution in [0.1, 0.15) is 29.1 Å². The van der Waals surface area contributed by atoms with Gasteiger partial charge in [0.1, 0.15) is 5.82 Å². The number of aromatic nitrogens is 1. The Balaban J connectivity index is 0.00000169. The molecule has 26 heavy (non-hydrogen) atoms. The molecular weight excluding hydrogens is 396 g/mol. The highest BCUT2D eigenvalue weighted by Crippen LogP contribution is 2.20. The number of amides is 1. The van der Waals surface area contributed by atoms with Gasteiger partial charge in [-0.3, -0.25) is 4.79 Å². The molecule has 1 aliphatic rings. The first-order valence-electron chi connectivity index (χ1n) is 8.27. The van der Waals surface area contributed by atoms with Gasteiger partial charge in [-0.05, 0) is 37.6 Å². The highest BCUT2D eigenvalue weighted by molar-refractivity contribution is 7.09. The van der Waals surface area contributed by atoms with E-state index in [2.05, 4.69) is 10.3 Å². The van der Waals surface area contributed by atoms with Crippen molar-refractivity contribution in [2.45, 2.75) is 31.7 Å². The Morgan fingerprint density at radius 1 is 1.35 bits per heavy atom. The lowest BCUT2D eigenvalue weighted by atomic mass is 10.1. The fraction of sp³-hybridized carbons (Fsp3) is 0.444. The van der Waals surface area contributed by atoms with Crippen LogP contribution in [0, 0.1) is 5.82 Å². The number of likely N-dealkylation sites (tertiary alicyclic amines) is 1. The first-order chi connectivity index (χ1) is 11.7. The van der Waals surface area contributed by atoms with Gasteiger partial charge >= 0.3 is 0 Å². The molecule has 0 saturated carbocycles. The molecule has 1 saturated heterocycles. The van der Waals surface area contributed by atoms with Crippen LogP contribution in [0.2, 0.25) is 0 Å². The third kappa shape index (κ3) is 5.91. The van der Waals surface area contributed by atoms with Crippen LogP contribution in [-0.4, -0.2) is 42.0 Å². The van der Waals surface area contributed by atoms with E-state index in [1.54, 1.807) is 23.5 Å². The van der Waals surface area contributed by atoms with Crippen molar-refractivity contribution < 1.29 is 9.18 Å². The summed E-state index contributed by atoms with van der Waals surface area (Å²) < 4.78 is 12.9. The molecule has 8 heteroatoms. The summed E-state index contributed by atoms with van der Waals surface area (Å²) in [7, 11) is 1.92. The van der Waals surface area contributed by atoms with Crippen molar-refractivity contribution in [1.29, 1.82) is 0 Å². The topological polar surface area (TPSA) is 45.2 Å². The van der Waals surface area contributed by atoms with Crippen molar-refractivity contribution in [3.63, 3.8) is 0 Å². The normalized spacial score (nSPS) is 16.1. The number of carbonyl (C=O) groups excluding carboxylic acids is 1. The van der Waals surface area contributed by atoms with Gasteiger partial charge in [0.25, 0.3) is 0 Å². The largest absolute Gasteiger partial charge is 0.338 e. The van der Waals surface area contributed by atoms with Crippen molar-refractivity contribution in [2.24, 2.45) is 0 Å². The second kappa shape index (κ2) is 10.8. The van der Waals surface area contributed by atoms with Crippen LogP contribution in [0.4, 0.5) is 4.39 Å². The summed E-state index contributed by atoms with van der Waals surface area (Å²) in [6.45, 7) is 1.69. The van der Waals surface area contributed by atoms with Gasteiger partial charge in [-0.1, -0.05) is 12.1 Å². The molecule has 0 spiro atoms. The third-order valence-electron chi connectivity index (χ3n) is 4.34. The predicted octanol–water partition coefficient (Wildman–Crippen LogP) is 3.47. The van der Waals surface area contributed by atoms with E-state index in [9.17, 15) is 9.18 Å².